The maximum absolute atomic E-state index is 12.5. The van der Waals surface area contributed by atoms with Crippen LogP contribution in [0.15, 0.2) is 36.4 Å². The predicted octanol–water partition coefficient (Wildman–Crippen LogP) is 1.60. The smallest absolute Gasteiger partial charge is 0.414 e. The number of carboxylic acid groups (broad SMARTS) is 2. The summed E-state index contributed by atoms with van der Waals surface area (Å²) in [6.45, 7) is 3.57. The van der Waals surface area contributed by atoms with Crippen LogP contribution in [-0.4, -0.2) is 99.1 Å². The molecule has 0 atom stereocenters. The van der Waals surface area contributed by atoms with Crippen molar-refractivity contribution in [1.82, 2.24) is 9.80 Å². The number of carbonyl (C=O) groups excluding carboxylic acids is 1. The number of nitrogens with zero attached hydrogens (tertiary/aromatic N) is 2. The molecule has 3 rings (SSSR count). The Morgan fingerprint density at radius 3 is 1.73 bits per heavy atom. The number of amides is 1. The van der Waals surface area contributed by atoms with E-state index < -0.39 is 11.9 Å². The Morgan fingerprint density at radius 1 is 0.730 bits per heavy atom. The highest BCUT2D eigenvalue weighted by Crippen LogP contribution is 2.35. The topological polar surface area (TPSA) is 144 Å². The zero-order chi connectivity index (χ0) is 27.4. The lowest BCUT2D eigenvalue weighted by Crippen LogP contribution is -2.49. The minimum absolute atomic E-state index is 0.0147. The second kappa shape index (κ2) is 14.4. The maximum Gasteiger partial charge on any atom is 0.414 e. The van der Waals surface area contributed by atoms with Crippen LogP contribution in [0.1, 0.15) is 5.56 Å². The fourth-order valence-corrected chi connectivity index (χ4v) is 3.52. The first-order valence-corrected chi connectivity index (χ1v) is 11.2. The van der Waals surface area contributed by atoms with Crippen LogP contribution >= 0.6 is 0 Å². The van der Waals surface area contributed by atoms with Crippen molar-refractivity contribution in [3.05, 3.63) is 42.0 Å². The van der Waals surface area contributed by atoms with Gasteiger partial charge in [0.25, 0.3) is 5.91 Å². The summed E-state index contributed by atoms with van der Waals surface area (Å²) in [5.74, 6) is -0.208. The fraction of sp³-hybridized carbons (Fsp3) is 0.400. The largest absolute Gasteiger partial charge is 0.497 e. The lowest BCUT2D eigenvalue weighted by Gasteiger charge is -2.35. The van der Waals surface area contributed by atoms with Crippen molar-refractivity contribution in [2.24, 2.45) is 0 Å². The van der Waals surface area contributed by atoms with Gasteiger partial charge >= 0.3 is 11.9 Å². The van der Waals surface area contributed by atoms with E-state index in [1.807, 2.05) is 17.0 Å². The molecule has 1 heterocycles. The highest BCUT2D eigenvalue weighted by molar-refractivity contribution is 6.27. The average Bonchev–Trinajstić information content (AvgIpc) is 2.92. The molecule has 0 unspecified atom stereocenters. The van der Waals surface area contributed by atoms with Crippen molar-refractivity contribution in [3.8, 4) is 28.7 Å². The highest BCUT2D eigenvalue weighted by Gasteiger charge is 2.23. The second-order valence-corrected chi connectivity index (χ2v) is 7.75. The molecule has 0 radical (unpaired) electrons. The molecule has 1 saturated heterocycles. The summed E-state index contributed by atoms with van der Waals surface area (Å²) < 4.78 is 27.0. The molecule has 0 spiro atoms. The molecule has 0 aromatic heterocycles. The van der Waals surface area contributed by atoms with Crippen LogP contribution in [0.2, 0.25) is 0 Å². The molecular formula is C25H32N2O10. The van der Waals surface area contributed by atoms with Gasteiger partial charge in [-0.05, 0) is 30.3 Å². The SMILES string of the molecule is COc1ccc(OCC(=O)N2CCN(Cc3cc(OC)c(OC)cc3OC)CC2)cc1.O=C(O)C(=O)O. The Morgan fingerprint density at radius 2 is 1.24 bits per heavy atom. The Bertz CT molecular complexity index is 1040. The van der Waals surface area contributed by atoms with Gasteiger partial charge in [-0.1, -0.05) is 0 Å². The summed E-state index contributed by atoms with van der Waals surface area (Å²) in [5.41, 5.74) is 1.02. The first-order chi connectivity index (χ1) is 17.7. The third-order valence-corrected chi connectivity index (χ3v) is 5.51. The van der Waals surface area contributed by atoms with Crippen LogP contribution in [0.4, 0.5) is 0 Å². The van der Waals surface area contributed by atoms with Crippen molar-refractivity contribution >= 4 is 17.8 Å². The van der Waals surface area contributed by atoms with E-state index >= 15 is 0 Å². The minimum atomic E-state index is -1.82. The van der Waals surface area contributed by atoms with Crippen LogP contribution in [0, 0.1) is 0 Å². The normalized spacial score (nSPS) is 13.0. The number of rotatable bonds is 9. The zero-order valence-electron chi connectivity index (χ0n) is 21.3. The first kappa shape index (κ1) is 29.0. The number of benzene rings is 2. The second-order valence-electron chi connectivity index (χ2n) is 7.75. The molecule has 0 saturated carbocycles. The Hall–Kier alpha value is -4.19. The number of carbonyl (C=O) groups is 3. The molecule has 1 fully saturated rings. The molecule has 1 aliphatic heterocycles. The molecule has 2 aromatic rings. The molecular weight excluding hydrogens is 488 g/mol. The summed E-state index contributed by atoms with van der Waals surface area (Å²) in [6, 6.07) is 11.0. The molecule has 2 aromatic carbocycles. The van der Waals surface area contributed by atoms with Crippen molar-refractivity contribution in [1.29, 1.82) is 0 Å². The number of hydrogen-bond acceptors (Lipinski definition) is 9. The number of methoxy groups -OCH3 is 4. The monoisotopic (exact) mass is 520 g/mol. The molecule has 0 bridgehead atoms. The van der Waals surface area contributed by atoms with Crippen LogP contribution < -0.4 is 23.7 Å². The van der Waals surface area contributed by atoms with Crippen LogP contribution in [0.25, 0.3) is 0 Å². The van der Waals surface area contributed by atoms with E-state index in [1.165, 1.54) is 0 Å². The Labute approximate surface area is 214 Å². The molecule has 0 aliphatic carbocycles. The van der Waals surface area contributed by atoms with Crippen LogP contribution in [-0.2, 0) is 20.9 Å². The van der Waals surface area contributed by atoms with Crippen LogP contribution in [0.5, 0.6) is 28.7 Å². The molecule has 12 nitrogen and oxygen atoms in total. The maximum atomic E-state index is 12.5. The molecule has 12 heteroatoms. The van der Waals surface area contributed by atoms with Gasteiger partial charge in [0.15, 0.2) is 18.1 Å². The standard InChI is InChI=1S/C23H30N2O6.C2H2O4/c1-27-18-5-7-19(8-6-18)31-16-23(26)25-11-9-24(10-12-25)15-17-13-21(29-3)22(30-4)14-20(17)28-2;3-1(4)2(5)6/h5-8,13-14H,9-12,15-16H2,1-4H3;(H,3,4)(H,5,6). The third kappa shape index (κ3) is 8.76. The van der Waals surface area contributed by atoms with E-state index in [1.54, 1.807) is 52.7 Å². The molecule has 1 amide bonds. The first-order valence-electron chi connectivity index (χ1n) is 11.2. The van der Waals surface area contributed by atoms with Gasteiger partial charge in [0, 0.05) is 44.4 Å². The van der Waals surface area contributed by atoms with Crippen molar-refractivity contribution < 1.29 is 48.3 Å². The summed E-state index contributed by atoms with van der Waals surface area (Å²) in [4.78, 5) is 34.8. The van der Waals surface area contributed by atoms with E-state index in [4.69, 9.17) is 43.5 Å². The number of piperazine rings is 1. The van der Waals surface area contributed by atoms with E-state index in [9.17, 15) is 4.79 Å². The summed E-state index contributed by atoms with van der Waals surface area (Å²) >= 11 is 0. The number of hydrogen-bond donors (Lipinski definition) is 2. The van der Waals surface area contributed by atoms with Crippen molar-refractivity contribution in [2.45, 2.75) is 6.54 Å². The van der Waals surface area contributed by atoms with Gasteiger partial charge in [-0.15, -0.1) is 0 Å². The third-order valence-electron chi connectivity index (χ3n) is 5.51. The van der Waals surface area contributed by atoms with E-state index in [0.29, 0.717) is 36.9 Å². The van der Waals surface area contributed by atoms with Crippen LogP contribution in [0.3, 0.4) is 0 Å². The van der Waals surface area contributed by atoms with E-state index in [0.717, 1.165) is 30.2 Å². The van der Waals surface area contributed by atoms with Crippen molar-refractivity contribution in [2.75, 3.05) is 61.2 Å². The summed E-state index contributed by atoms with van der Waals surface area (Å²) in [6.07, 6.45) is 0. The summed E-state index contributed by atoms with van der Waals surface area (Å²) in [5, 5.41) is 14.8. The fourth-order valence-electron chi connectivity index (χ4n) is 3.52. The zero-order valence-corrected chi connectivity index (χ0v) is 21.3. The number of ether oxygens (including phenoxy) is 5. The van der Waals surface area contributed by atoms with E-state index in [2.05, 4.69) is 4.90 Å². The van der Waals surface area contributed by atoms with Gasteiger partial charge in [0.2, 0.25) is 0 Å². The molecule has 1 aliphatic rings. The lowest BCUT2D eigenvalue weighted by molar-refractivity contribution is -0.159. The Kier molecular flexibility index (Phi) is 11.3. The van der Waals surface area contributed by atoms with Gasteiger partial charge < -0.3 is 38.8 Å². The minimum Gasteiger partial charge on any atom is -0.497 e. The average molecular weight is 521 g/mol. The Balaban J connectivity index is 0.000000717. The number of aliphatic carboxylic acids is 2. The van der Waals surface area contributed by atoms with Gasteiger partial charge in [-0.3, -0.25) is 9.69 Å². The number of carboxylic acids is 2. The molecule has 2 N–H and O–H groups in total. The van der Waals surface area contributed by atoms with Gasteiger partial charge in [0.1, 0.15) is 17.2 Å². The molecule has 202 valence electrons. The predicted molar refractivity (Wildman–Crippen MR) is 132 cm³/mol. The quantitative estimate of drug-likeness (QED) is 0.465. The van der Waals surface area contributed by atoms with Gasteiger partial charge in [0.05, 0.1) is 28.4 Å². The molecule has 37 heavy (non-hydrogen) atoms. The van der Waals surface area contributed by atoms with E-state index in [-0.39, 0.29) is 12.5 Å². The highest BCUT2D eigenvalue weighted by atomic mass is 16.5. The van der Waals surface area contributed by atoms with Crippen molar-refractivity contribution in [3.63, 3.8) is 0 Å². The van der Waals surface area contributed by atoms with Gasteiger partial charge in [-0.2, -0.15) is 0 Å². The van der Waals surface area contributed by atoms with Gasteiger partial charge in [-0.25, -0.2) is 9.59 Å². The lowest BCUT2D eigenvalue weighted by atomic mass is 10.1. The summed E-state index contributed by atoms with van der Waals surface area (Å²) in [7, 11) is 6.47.